The number of anilines is 1. The Labute approximate surface area is 657 Å². The minimum atomic E-state index is -0.826. The summed E-state index contributed by atoms with van der Waals surface area (Å²) in [6.07, 6.45) is 0. The van der Waals surface area contributed by atoms with Gasteiger partial charge in [-0.2, -0.15) is 9.65 Å². The molecule has 0 saturated carbocycles. The molecule has 0 bridgehead atoms. The fraction of sp³-hybridized carbons (Fsp3) is 0.103. The van der Waals surface area contributed by atoms with Gasteiger partial charge in [-0.05, 0) is 244 Å². The molecule has 0 spiro atoms. The molecule has 2 radical (unpaired) electrons. The van der Waals surface area contributed by atoms with Crippen molar-refractivity contribution in [2.24, 2.45) is 5.34 Å². The molecule has 0 aliphatic rings. The number of para-hydroxylation sites is 12. The fourth-order valence-corrected chi connectivity index (χ4v) is 8.72. The summed E-state index contributed by atoms with van der Waals surface area (Å²) in [7, 11) is 9.87. The number of diazo groups is 1. The van der Waals surface area contributed by atoms with Crippen LogP contribution in [0.2, 0.25) is 5.02 Å². The van der Waals surface area contributed by atoms with Crippen molar-refractivity contribution in [1.29, 1.82) is 10.7 Å². The molecule has 30 heteroatoms. The number of phenolic OH excluding ortho intramolecular Hbond substituents is 1. The summed E-state index contributed by atoms with van der Waals surface area (Å²) in [5.74, 6) is 4.74. The Kier molecular flexibility index (Phi) is 50.4. The summed E-state index contributed by atoms with van der Waals surface area (Å²) < 4.78 is 40.0. The molecule has 0 aliphatic heterocycles. The third-order valence-electron chi connectivity index (χ3n) is 10.2. The number of phenols is 1. The van der Waals surface area contributed by atoms with Crippen LogP contribution in [-0.2, 0) is 4.84 Å². The van der Waals surface area contributed by atoms with E-state index in [1.807, 2.05) is 158 Å². The molecule has 0 aliphatic carbocycles. The monoisotopic (exact) mass is 2060 g/mol. The van der Waals surface area contributed by atoms with E-state index in [2.05, 4.69) is 128 Å². The number of ether oxygens (including phenoxy) is 4. The second-order valence-electron chi connectivity index (χ2n) is 18.4. The summed E-state index contributed by atoms with van der Waals surface area (Å²) in [4.78, 5) is 36.4. The van der Waals surface area contributed by atoms with Crippen molar-refractivity contribution in [2.75, 3.05) is 12.3 Å². The molecule has 10 rings (SSSR count). The number of hydrogen-bond donors (Lipinski definition) is 3. The summed E-state index contributed by atoms with van der Waals surface area (Å²) >= 11 is 16.0. The van der Waals surface area contributed by atoms with E-state index in [1.165, 1.54) is 25.1 Å². The Morgan fingerprint density at radius 3 is 1.17 bits per heavy atom. The van der Waals surface area contributed by atoms with Crippen LogP contribution in [-0.4, -0.2) is 56.6 Å². The van der Waals surface area contributed by atoms with Crippen LogP contribution in [0.25, 0.3) is 4.98 Å². The Bertz CT molecular complexity index is 3880. The zero-order valence-corrected chi connectivity index (χ0v) is 68.3. The molecule has 0 fully saturated rings. The standard InChI is InChI=1S/C12H8ClIO.C12H8IN2O.C12H8INO3.C12H10INO.C6H4FNO2.C6H5IO.C4H9NO2.C2H3N.C2H6O.2ClH.H2O.Sn/c13-9-5-1-3-7-11(9)15-12-8-4-2-6-10(12)14;13-9-5-1-3-7-11(9)16-12-8-4-2-6-10(12)15-14;13-9-5-1-3-7-11(9)17-12-8-4-2-6-10(12)14(15)16;13-9-5-1-3-7-11(9)15-12-8-4-2-6-10(12)14;7-5-3-1-2-4-6(5)8(9)10;7-5-3-1-2-4-6(5)8;1-4(2,3)7-5-6;2*1-2-3;;;;/h1-8H;1-8H;1-8H;1-8H,14H2;1-4H;1-4,8H;1-3H3;1H3;3H,2H2,1H3;2*1H;1H2;/q;+1;;;;;;;;;;;+2/p-2. The number of nitrogen functional groups attached to an aromatic ring is 1. The van der Waals surface area contributed by atoms with Gasteiger partial charge in [-0.25, -0.2) is 0 Å². The molecule has 0 unspecified atom stereocenters. The van der Waals surface area contributed by atoms with E-state index in [1.54, 1.807) is 88.4 Å². The van der Waals surface area contributed by atoms with Crippen molar-refractivity contribution in [3.63, 3.8) is 0 Å². The number of halogens is 9. The van der Waals surface area contributed by atoms with Crippen LogP contribution < -0.4 is 24.7 Å². The molecule has 0 aromatic heterocycles. The van der Waals surface area contributed by atoms with Gasteiger partial charge in [0.1, 0.15) is 45.8 Å². The fourth-order valence-electron chi connectivity index (χ4n) is 6.17. The van der Waals surface area contributed by atoms with Gasteiger partial charge in [0.15, 0.2) is 10.3 Å². The van der Waals surface area contributed by atoms with Crippen LogP contribution in [0.5, 0.6) is 51.7 Å². The van der Waals surface area contributed by atoms with E-state index >= 15 is 0 Å². The third kappa shape index (κ3) is 39.2. The Hall–Kier alpha value is -6.72. The number of aliphatic hydroxyl groups excluding tert-OH is 1. The van der Waals surface area contributed by atoms with Crippen molar-refractivity contribution in [2.45, 2.75) is 40.2 Å². The maximum absolute atomic E-state index is 12.4. The Balaban J connectivity index is 0.00000111. The van der Waals surface area contributed by atoms with Gasteiger partial charge in [0, 0.05) is 31.7 Å². The first kappa shape index (κ1) is 91.3. The van der Waals surface area contributed by atoms with Crippen LogP contribution in [0.3, 0.4) is 0 Å². The number of nitriles is 1. The molecule has 0 heterocycles. The molecule has 514 valence electrons. The van der Waals surface area contributed by atoms with Gasteiger partial charge in [-0.15, -0.1) is 4.91 Å². The summed E-state index contributed by atoms with van der Waals surface area (Å²) in [6, 6.07) is 73.0. The summed E-state index contributed by atoms with van der Waals surface area (Å²) in [5, 5.41) is 56.3. The van der Waals surface area contributed by atoms with E-state index < -0.39 is 45.8 Å². The van der Waals surface area contributed by atoms with Crippen LogP contribution in [0.4, 0.5) is 27.1 Å². The van der Waals surface area contributed by atoms with Gasteiger partial charge >= 0.3 is 53.8 Å². The van der Waals surface area contributed by atoms with Crippen molar-refractivity contribution in [3.05, 3.63) is 301 Å². The van der Waals surface area contributed by atoms with Crippen molar-refractivity contribution in [3.8, 4) is 57.8 Å². The predicted molar refractivity (Wildman–Crippen MR) is 429 cm³/mol. The second kappa shape index (κ2) is 54.1. The molecule has 10 aromatic carbocycles. The van der Waals surface area contributed by atoms with Crippen LogP contribution in [0, 0.1) is 65.5 Å². The quantitative estimate of drug-likeness (QED) is 0.0206. The molecule has 0 atom stereocenters. The second-order valence-corrected chi connectivity index (χ2v) is 28.9. The van der Waals surface area contributed by atoms with Crippen LogP contribution in [0.15, 0.2) is 248 Å². The Morgan fingerprint density at radius 2 is 0.847 bits per heavy atom. The maximum atomic E-state index is 12.4. The van der Waals surface area contributed by atoms with Gasteiger partial charge in [-0.3, -0.25) is 20.2 Å². The molecule has 0 amide bonds. The topological polar surface area (TPSA) is 312 Å². The first-order valence-electron chi connectivity index (χ1n) is 27.5. The summed E-state index contributed by atoms with van der Waals surface area (Å²) in [5.41, 5.74) is 5.91. The van der Waals surface area contributed by atoms with Crippen LogP contribution >= 0.6 is 142 Å². The number of nitro groups is 2. The number of aliphatic hydroxyl groups is 1. The molecule has 0 saturated heterocycles. The first-order chi connectivity index (χ1) is 46.4. The van der Waals surface area contributed by atoms with Crippen molar-refractivity contribution < 1.29 is 53.7 Å². The normalized spacial score (nSPS) is 9.23. The van der Waals surface area contributed by atoms with Gasteiger partial charge < -0.3 is 45.2 Å². The average Bonchev–Trinajstić information content (AvgIpc) is 0.880. The van der Waals surface area contributed by atoms with Crippen LogP contribution in [0.1, 0.15) is 34.6 Å². The van der Waals surface area contributed by atoms with E-state index in [9.17, 15) is 29.5 Å². The van der Waals surface area contributed by atoms with E-state index in [-0.39, 0.29) is 23.5 Å². The van der Waals surface area contributed by atoms with E-state index in [0.717, 1.165) is 47.2 Å². The van der Waals surface area contributed by atoms with Crippen molar-refractivity contribution >= 4 is 184 Å². The summed E-state index contributed by atoms with van der Waals surface area (Å²) in [6.45, 7) is 8.64. The predicted octanol–water partition coefficient (Wildman–Crippen LogP) is 22.9. The molecule has 98 heavy (non-hydrogen) atoms. The molecular formula is C68H63Cl3FI5N7O13Sn+. The number of nitro benzene ring substituents is 2. The zero-order valence-electron chi connectivity index (χ0n) is 52.4. The third-order valence-corrected chi connectivity index (χ3v) is 15.0. The molecule has 10 aromatic rings. The molecule has 6 N–H and O–H groups in total. The number of aromatic hydroxyl groups is 1. The van der Waals surface area contributed by atoms with E-state index in [0.29, 0.717) is 45.1 Å². The van der Waals surface area contributed by atoms with Gasteiger partial charge in [0.2, 0.25) is 22.7 Å². The zero-order chi connectivity index (χ0) is 72.6. The first-order valence-corrected chi connectivity index (χ1v) is 40.5. The van der Waals surface area contributed by atoms with Gasteiger partial charge in [0.25, 0.3) is 0 Å². The Morgan fingerprint density at radius 1 is 0.551 bits per heavy atom. The number of hydrogen-bond acceptors (Lipinski definition) is 16. The number of rotatable bonds is 11. The number of nitrogens with two attached hydrogens (primary N) is 1. The number of nitrogens with zero attached hydrogens (tertiary/aromatic N) is 6. The van der Waals surface area contributed by atoms with Crippen molar-refractivity contribution in [1.82, 2.24) is 0 Å². The average molecular weight is 2060 g/mol. The molecular weight excluding hydrogens is 2000 g/mol. The molecule has 20 nitrogen and oxygen atoms in total. The van der Waals surface area contributed by atoms with Gasteiger partial charge in [-0.1, -0.05) is 133 Å². The van der Waals surface area contributed by atoms with Gasteiger partial charge in [0.05, 0.1) is 44.5 Å². The van der Waals surface area contributed by atoms with E-state index in [4.69, 9.17) is 75.0 Å². The minimum absolute atomic E-state index is 0. The number of benzene rings is 10. The SMILES string of the molecule is CC#N.CC(C)(C)ON=O.CCO.Clc1ccccc1Oc1ccccc1I.N#[N+]c1ccccc1Oc1ccccc1I.Nc1ccccc1Oc1ccccc1I.O.O=[N+]([O-])c1ccccc1F.O=[N+]([O-])c1ccccc1Oc1ccccc1I.Oc1ccccc1I.[Cl][Sn][Cl].